The fourth-order valence-electron chi connectivity index (χ4n) is 5.05. The molecule has 0 saturated heterocycles. The number of benzene rings is 2. The monoisotopic (exact) mass is 350 g/mol. The molecule has 4 rings (SSSR count). The number of hydrogen-bond acceptors (Lipinski definition) is 0. The molecule has 0 bridgehead atoms. The van der Waals surface area contributed by atoms with Gasteiger partial charge in [-0.2, -0.15) is 0 Å². The molecule has 0 radical (unpaired) electrons. The quantitative estimate of drug-likeness (QED) is 0.500. The Hall–Kier alpha value is -1.13. The van der Waals surface area contributed by atoms with Crippen LogP contribution in [0.1, 0.15) is 69.8 Å². The van der Waals surface area contributed by atoms with Crippen LogP contribution in [-0.4, -0.2) is 5.66 Å². The van der Waals surface area contributed by atoms with Crippen LogP contribution >= 0.6 is 8.58 Å². The summed E-state index contributed by atoms with van der Waals surface area (Å²) in [6.07, 6.45) is 14.5. The van der Waals surface area contributed by atoms with E-state index in [9.17, 15) is 0 Å². The average molecular weight is 350 g/mol. The standard InChI is InChI=1S/C24H31P/c1-4-12-20(13-5-1)22-16-8-9-17-23(22)24(18-10-3-11-19-24)25-21-14-6-2-7-15-21/h1,4-5,8-9,12-13,16-17,21,25H,2-3,6-7,10-11,14-15,18-19H2. The Kier molecular flexibility index (Phi) is 5.57. The van der Waals surface area contributed by atoms with Crippen LogP contribution in [0.2, 0.25) is 0 Å². The van der Waals surface area contributed by atoms with Crippen LogP contribution in [-0.2, 0) is 5.16 Å². The molecule has 0 heterocycles. The fourth-order valence-corrected chi connectivity index (χ4v) is 7.55. The first-order valence-corrected chi connectivity index (χ1v) is 11.4. The van der Waals surface area contributed by atoms with Crippen molar-refractivity contribution in [1.29, 1.82) is 0 Å². The van der Waals surface area contributed by atoms with Gasteiger partial charge in [0.2, 0.25) is 0 Å². The molecule has 1 heteroatoms. The van der Waals surface area contributed by atoms with Crippen LogP contribution in [0.4, 0.5) is 0 Å². The molecule has 2 aliphatic rings. The first kappa shape index (κ1) is 17.3. The summed E-state index contributed by atoms with van der Waals surface area (Å²) >= 11 is 0. The van der Waals surface area contributed by atoms with E-state index in [-0.39, 0.29) is 0 Å². The minimum Gasteiger partial charge on any atom is -0.108 e. The molecular formula is C24H31P. The lowest BCUT2D eigenvalue weighted by atomic mass is 9.80. The van der Waals surface area contributed by atoms with Gasteiger partial charge in [-0.3, -0.25) is 0 Å². The third-order valence-electron chi connectivity index (χ3n) is 6.32. The van der Waals surface area contributed by atoms with Gasteiger partial charge in [0.05, 0.1) is 0 Å². The number of rotatable bonds is 4. The molecule has 2 aromatic carbocycles. The molecule has 1 atom stereocenters. The van der Waals surface area contributed by atoms with Crippen LogP contribution in [0, 0.1) is 0 Å². The molecule has 1 unspecified atom stereocenters. The lowest BCUT2D eigenvalue weighted by molar-refractivity contribution is 0.397. The van der Waals surface area contributed by atoms with E-state index in [2.05, 4.69) is 54.6 Å². The second-order valence-corrected chi connectivity index (χ2v) is 10.1. The van der Waals surface area contributed by atoms with Crippen molar-refractivity contribution in [1.82, 2.24) is 0 Å². The summed E-state index contributed by atoms with van der Waals surface area (Å²) in [6.45, 7) is 0. The maximum atomic E-state index is 2.46. The third kappa shape index (κ3) is 3.85. The van der Waals surface area contributed by atoms with E-state index in [1.807, 2.05) is 0 Å². The molecule has 2 saturated carbocycles. The van der Waals surface area contributed by atoms with Gasteiger partial charge in [-0.1, -0.05) is 93.1 Å². The van der Waals surface area contributed by atoms with E-state index in [0.717, 1.165) is 14.2 Å². The smallest absolute Gasteiger partial charge is 0.0135 e. The lowest BCUT2D eigenvalue weighted by Crippen LogP contribution is -2.28. The lowest BCUT2D eigenvalue weighted by Gasteiger charge is -2.42. The van der Waals surface area contributed by atoms with E-state index in [1.54, 1.807) is 5.56 Å². The first-order chi connectivity index (χ1) is 12.4. The van der Waals surface area contributed by atoms with Crippen LogP contribution in [0.3, 0.4) is 0 Å². The molecule has 2 aromatic rings. The second-order valence-electron chi connectivity index (χ2n) is 8.03. The van der Waals surface area contributed by atoms with E-state index < -0.39 is 0 Å². The van der Waals surface area contributed by atoms with E-state index >= 15 is 0 Å². The third-order valence-corrected chi connectivity index (χ3v) is 8.63. The van der Waals surface area contributed by atoms with Gasteiger partial charge in [0, 0.05) is 5.16 Å². The minimum atomic E-state index is 0.451. The molecular weight excluding hydrogens is 319 g/mol. The molecule has 0 aromatic heterocycles. The van der Waals surface area contributed by atoms with Gasteiger partial charge in [0.1, 0.15) is 0 Å². The van der Waals surface area contributed by atoms with Crippen molar-refractivity contribution in [2.45, 2.75) is 75.0 Å². The van der Waals surface area contributed by atoms with Crippen LogP contribution in [0.25, 0.3) is 11.1 Å². The maximum absolute atomic E-state index is 2.46. The van der Waals surface area contributed by atoms with Crippen molar-refractivity contribution in [3.05, 3.63) is 60.2 Å². The summed E-state index contributed by atoms with van der Waals surface area (Å²) in [5.74, 6) is 0. The van der Waals surface area contributed by atoms with E-state index in [0.29, 0.717) is 5.16 Å². The summed E-state index contributed by atoms with van der Waals surface area (Å²) in [5, 5.41) is 0.451. The Morgan fingerprint density at radius 2 is 1.32 bits per heavy atom. The summed E-state index contributed by atoms with van der Waals surface area (Å²) in [6, 6.07) is 20.4. The van der Waals surface area contributed by atoms with Crippen molar-refractivity contribution in [3.63, 3.8) is 0 Å². The van der Waals surface area contributed by atoms with Crippen molar-refractivity contribution in [2.24, 2.45) is 0 Å². The van der Waals surface area contributed by atoms with Crippen molar-refractivity contribution < 1.29 is 0 Å². The van der Waals surface area contributed by atoms with Crippen LogP contribution < -0.4 is 0 Å². The van der Waals surface area contributed by atoms with Gasteiger partial charge in [0.15, 0.2) is 0 Å². The zero-order chi connectivity index (χ0) is 17.0. The molecule has 132 valence electrons. The highest BCUT2D eigenvalue weighted by molar-refractivity contribution is 7.40. The van der Waals surface area contributed by atoms with E-state index in [1.165, 1.54) is 75.3 Å². The molecule has 25 heavy (non-hydrogen) atoms. The first-order valence-electron chi connectivity index (χ1n) is 10.3. The second kappa shape index (κ2) is 8.05. The highest BCUT2D eigenvalue weighted by atomic mass is 31.1. The van der Waals surface area contributed by atoms with Gasteiger partial charge in [-0.25, -0.2) is 0 Å². The molecule has 0 aliphatic heterocycles. The highest BCUT2D eigenvalue weighted by Gasteiger charge is 2.37. The van der Waals surface area contributed by atoms with Crippen LogP contribution in [0.15, 0.2) is 54.6 Å². The zero-order valence-electron chi connectivity index (χ0n) is 15.3. The van der Waals surface area contributed by atoms with Gasteiger partial charge in [0.25, 0.3) is 0 Å². The summed E-state index contributed by atoms with van der Waals surface area (Å²) in [7, 11) is 1.12. The SMILES string of the molecule is c1ccc(-c2ccccc2C2(PC3CCCCC3)CCCCC2)cc1. The molecule has 2 aliphatic carbocycles. The largest absolute Gasteiger partial charge is 0.108 e. The predicted octanol–water partition coefficient (Wildman–Crippen LogP) is 7.52. The molecule has 0 nitrogen and oxygen atoms in total. The molecule has 0 N–H and O–H groups in total. The topological polar surface area (TPSA) is 0 Å². The van der Waals surface area contributed by atoms with Gasteiger partial charge in [-0.05, 0) is 48.0 Å². The van der Waals surface area contributed by atoms with Crippen molar-refractivity contribution in [2.75, 3.05) is 0 Å². The molecule has 2 fully saturated rings. The Morgan fingerprint density at radius 1 is 0.680 bits per heavy atom. The van der Waals surface area contributed by atoms with E-state index in [4.69, 9.17) is 0 Å². The van der Waals surface area contributed by atoms with Crippen molar-refractivity contribution in [3.8, 4) is 11.1 Å². The summed E-state index contributed by atoms with van der Waals surface area (Å²) in [5.41, 5.74) is 5.53. The Bertz CT molecular complexity index is 664. The van der Waals surface area contributed by atoms with Gasteiger partial charge in [-0.15, -0.1) is 8.58 Å². The minimum absolute atomic E-state index is 0.451. The Labute approximate surface area is 155 Å². The van der Waals surface area contributed by atoms with Gasteiger partial charge >= 0.3 is 0 Å². The maximum Gasteiger partial charge on any atom is 0.0135 e. The number of hydrogen-bond donors (Lipinski definition) is 0. The highest BCUT2D eigenvalue weighted by Crippen LogP contribution is 2.57. The van der Waals surface area contributed by atoms with Crippen LogP contribution in [0.5, 0.6) is 0 Å². The summed E-state index contributed by atoms with van der Waals surface area (Å²) in [4.78, 5) is 0. The van der Waals surface area contributed by atoms with Crippen molar-refractivity contribution >= 4 is 8.58 Å². The predicted molar refractivity (Wildman–Crippen MR) is 112 cm³/mol. The van der Waals surface area contributed by atoms with Gasteiger partial charge < -0.3 is 0 Å². The molecule has 0 spiro atoms. The average Bonchev–Trinajstić information content (AvgIpc) is 2.70. The molecule has 0 amide bonds. The Morgan fingerprint density at radius 3 is 2.08 bits per heavy atom. The summed E-state index contributed by atoms with van der Waals surface area (Å²) < 4.78 is 0. The normalized spacial score (nSPS) is 21.6. The Balaban J connectivity index is 1.72. The zero-order valence-corrected chi connectivity index (χ0v) is 16.3. The fraction of sp³-hybridized carbons (Fsp3) is 0.500.